The summed E-state index contributed by atoms with van der Waals surface area (Å²) >= 11 is 0. The van der Waals surface area contributed by atoms with Crippen molar-refractivity contribution in [3.8, 4) is 0 Å². The smallest absolute Gasteiger partial charge is 0.0956 e. The van der Waals surface area contributed by atoms with Crippen LogP contribution in [0.25, 0.3) is 0 Å². The molecule has 1 atom stereocenters. The van der Waals surface area contributed by atoms with Gasteiger partial charge in [0, 0.05) is 6.54 Å². The number of hydrogen-bond acceptors (Lipinski definition) is 2. The molecule has 0 radical (unpaired) electrons. The summed E-state index contributed by atoms with van der Waals surface area (Å²) in [6.45, 7) is 9.28. The van der Waals surface area contributed by atoms with Gasteiger partial charge in [-0.1, -0.05) is 26.7 Å². The van der Waals surface area contributed by atoms with Crippen molar-refractivity contribution in [2.45, 2.75) is 59.6 Å². The zero-order valence-electron chi connectivity index (χ0n) is 10.9. The molecule has 1 N–H and O–H groups in total. The summed E-state index contributed by atoms with van der Waals surface area (Å²) in [5.74, 6) is 0.713. The second kappa shape index (κ2) is 6.04. The van der Waals surface area contributed by atoms with Crippen molar-refractivity contribution in [2.24, 2.45) is 5.92 Å². The fourth-order valence-electron chi connectivity index (χ4n) is 1.95. The molecule has 1 rings (SSSR count). The number of rotatable bonds is 6. The van der Waals surface area contributed by atoms with Crippen LogP contribution in [0.15, 0.2) is 6.07 Å². The molecule has 0 saturated heterocycles. The Kier molecular flexibility index (Phi) is 5.00. The number of nitrogens with zero attached hydrogens (tertiary/aromatic N) is 2. The summed E-state index contributed by atoms with van der Waals surface area (Å²) < 4.78 is 1.90. The molecule has 16 heavy (non-hydrogen) atoms. The molecular weight excluding hydrogens is 200 g/mol. The Morgan fingerprint density at radius 2 is 2.06 bits per heavy atom. The van der Waals surface area contributed by atoms with E-state index >= 15 is 0 Å². The third-order valence-corrected chi connectivity index (χ3v) is 2.83. The van der Waals surface area contributed by atoms with Crippen LogP contribution in [0.1, 0.15) is 57.5 Å². The standard InChI is InChI=1S/C13H24N2O/c1-5-15-12(9-11(4)14-15)13(16)8-6-7-10(2)3/h9-10,13,16H,5-8H2,1-4H3. The van der Waals surface area contributed by atoms with Crippen molar-refractivity contribution >= 4 is 0 Å². The molecule has 0 amide bonds. The van der Waals surface area contributed by atoms with Gasteiger partial charge in [-0.05, 0) is 32.3 Å². The molecule has 1 aromatic heterocycles. The highest BCUT2D eigenvalue weighted by Crippen LogP contribution is 2.21. The van der Waals surface area contributed by atoms with Crippen LogP contribution in [0.4, 0.5) is 0 Å². The Hall–Kier alpha value is -0.830. The first-order valence-corrected chi connectivity index (χ1v) is 6.27. The van der Waals surface area contributed by atoms with Crippen molar-refractivity contribution in [3.63, 3.8) is 0 Å². The summed E-state index contributed by atoms with van der Waals surface area (Å²) in [6, 6.07) is 1.99. The number of aliphatic hydroxyl groups is 1. The van der Waals surface area contributed by atoms with Crippen LogP contribution in [0, 0.1) is 12.8 Å². The van der Waals surface area contributed by atoms with E-state index in [2.05, 4.69) is 25.9 Å². The first kappa shape index (κ1) is 13.2. The van der Waals surface area contributed by atoms with E-state index in [1.54, 1.807) is 0 Å². The highest BCUT2D eigenvalue weighted by Gasteiger charge is 2.13. The minimum atomic E-state index is -0.361. The Morgan fingerprint density at radius 3 is 2.62 bits per heavy atom. The molecule has 0 aliphatic rings. The van der Waals surface area contributed by atoms with E-state index in [9.17, 15) is 5.11 Å². The molecule has 92 valence electrons. The number of aryl methyl sites for hydroxylation is 2. The zero-order chi connectivity index (χ0) is 12.1. The fourth-order valence-corrected chi connectivity index (χ4v) is 1.95. The maximum absolute atomic E-state index is 10.1. The maximum Gasteiger partial charge on any atom is 0.0956 e. The van der Waals surface area contributed by atoms with Gasteiger partial charge in [-0.3, -0.25) is 4.68 Å². The minimum Gasteiger partial charge on any atom is -0.387 e. The average Bonchev–Trinajstić information content (AvgIpc) is 2.59. The lowest BCUT2D eigenvalue weighted by atomic mass is 10.0. The number of aromatic nitrogens is 2. The van der Waals surface area contributed by atoms with E-state index in [1.165, 1.54) is 6.42 Å². The summed E-state index contributed by atoms with van der Waals surface area (Å²) in [4.78, 5) is 0. The van der Waals surface area contributed by atoms with E-state index < -0.39 is 0 Å². The molecule has 0 spiro atoms. The van der Waals surface area contributed by atoms with Gasteiger partial charge >= 0.3 is 0 Å². The number of hydrogen-bond donors (Lipinski definition) is 1. The van der Waals surface area contributed by atoms with Crippen molar-refractivity contribution < 1.29 is 5.11 Å². The predicted octanol–water partition coefficient (Wildman–Crippen LogP) is 3.07. The van der Waals surface area contributed by atoms with Gasteiger partial charge in [0.05, 0.1) is 17.5 Å². The quantitative estimate of drug-likeness (QED) is 0.806. The Balaban J connectivity index is 2.54. The van der Waals surface area contributed by atoms with E-state index in [0.717, 1.165) is 30.8 Å². The van der Waals surface area contributed by atoms with Crippen LogP contribution >= 0.6 is 0 Å². The first-order chi connectivity index (χ1) is 7.54. The molecule has 0 bridgehead atoms. The minimum absolute atomic E-state index is 0.361. The van der Waals surface area contributed by atoms with Crippen molar-refractivity contribution in [2.75, 3.05) is 0 Å². The highest BCUT2D eigenvalue weighted by atomic mass is 16.3. The normalized spacial score (nSPS) is 13.4. The van der Waals surface area contributed by atoms with Crippen LogP contribution in [0.3, 0.4) is 0 Å². The van der Waals surface area contributed by atoms with Gasteiger partial charge < -0.3 is 5.11 Å². The molecule has 0 aliphatic heterocycles. The van der Waals surface area contributed by atoms with Crippen LogP contribution in [0.5, 0.6) is 0 Å². The van der Waals surface area contributed by atoms with Gasteiger partial charge in [-0.2, -0.15) is 5.10 Å². The van der Waals surface area contributed by atoms with Crippen molar-refractivity contribution in [3.05, 3.63) is 17.5 Å². The highest BCUT2D eigenvalue weighted by molar-refractivity contribution is 5.11. The predicted molar refractivity (Wildman–Crippen MR) is 66.3 cm³/mol. The topological polar surface area (TPSA) is 38.0 Å². The second-order valence-electron chi connectivity index (χ2n) is 4.87. The molecule has 0 fully saturated rings. The molecule has 0 aliphatic carbocycles. The van der Waals surface area contributed by atoms with Crippen LogP contribution < -0.4 is 0 Å². The molecular formula is C13H24N2O. The molecule has 0 aromatic carbocycles. The third kappa shape index (κ3) is 3.63. The Labute approximate surface area is 98.5 Å². The maximum atomic E-state index is 10.1. The van der Waals surface area contributed by atoms with Gasteiger partial charge in [-0.15, -0.1) is 0 Å². The molecule has 0 saturated carbocycles. The summed E-state index contributed by atoms with van der Waals surface area (Å²) in [5.41, 5.74) is 1.95. The van der Waals surface area contributed by atoms with Crippen LogP contribution in [0.2, 0.25) is 0 Å². The molecule has 1 unspecified atom stereocenters. The van der Waals surface area contributed by atoms with Crippen LogP contribution in [-0.4, -0.2) is 14.9 Å². The van der Waals surface area contributed by atoms with Gasteiger partial charge in [0.15, 0.2) is 0 Å². The van der Waals surface area contributed by atoms with Crippen molar-refractivity contribution in [1.29, 1.82) is 0 Å². The van der Waals surface area contributed by atoms with Crippen molar-refractivity contribution in [1.82, 2.24) is 9.78 Å². The van der Waals surface area contributed by atoms with E-state index in [4.69, 9.17) is 0 Å². The largest absolute Gasteiger partial charge is 0.387 e. The summed E-state index contributed by atoms with van der Waals surface area (Å²) in [5, 5.41) is 14.4. The second-order valence-corrected chi connectivity index (χ2v) is 4.87. The van der Waals surface area contributed by atoms with Crippen LogP contribution in [-0.2, 0) is 6.54 Å². The third-order valence-electron chi connectivity index (χ3n) is 2.83. The lowest BCUT2D eigenvalue weighted by molar-refractivity contribution is 0.151. The van der Waals surface area contributed by atoms with Gasteiger partial charge in [0.2, 0.25) is 0 Å². The fraction of sp³-hybridized carbons (Fsp3) is 0.769. The van der Waals surface area contributed by atoms with Gasteiger partial charge in [0.1, 0.15) is 0 Å². The van der Waals surface area contributed by atoms with Gasteiger partial charge in [0.25, 0.3) is 0 Å². The molecule has 1 heterocycles. The monoisotopic (exact) mass is 224 g/mol. The SMILES string of the molecule is CCn1nc(C)cc1C(O)CCCC(C)C. The molecule has 3 heteroatoms. The lowest BCUT2D eigenvalue weighted by Gasteiger charge is -2.12. The van der Waals surface area contributed by atoms with E-state index in [0.29, 0.717) is 5.92 Å². The number of aliphatic hydroxyl groups excluding tert-OH is 1. The Bertz CT molecular complexity index is 318. The summed E-state index contributed by atoms with van der Waals surface area (Å²) in [7, 11) is 0. The zero-order valence-corrected chi connectivity index (χ0v) is 10.9. The lowest BCUT2D eigenvalue weighted by Crippen LogP contribution is -2.08. The van der Waals surface area contributed by atoms with Gasteiger partial charge in [-0.25, -0.2) is 0 Å². The summed E-state index contributed by atoms with van der Waals surface area (Å²) in [6.07, 6.45) is 2.73. The first-order valence-electron chi connectivity index (χ1n) is 6.27. The average molecular weight is 224 g/mol. The van der Waals surface area contributed by atoms with E-state index in [1.807, 2.05) is 17.7 Å². The van der Waals surface area contributed by atoms with E-state index in [-0.39, 0.29) is 6.10 Å². The molecule has 1 aromatic rings. The molecule has 3 nitrogen and oxygen atoms in total. The Morgan fingerprint density at radius 1 is 1.38 bits per heavy atom.